The summed E-state index contributed by atoms with van der Waals surface area (Å²) in [6, 6.07) is 0.680. The Morgan fingerprint density at radius 3 is 2.38 bits per heavy atom. The zero-order chi connectivity index (χ0) is 11.4. The van der Waals surface area contributed by atoms with Crippen molar-refractivity contribution in [2.75, 3.05) is 32.7 Å². The maximum Gasteiger partial charge on any atom is 0.302 e. The zero-order valence-corrected chi connectivity index (χ0v) is 9.69. The van der Waals surface area contributed by atoms with Crippen molar-refractivity contribution >= 4 is 5.91 Å². The van der Waals surface area contributed by atoms with E-state index in [0.717, 1.165) is 25.9 Å². The van der Waals surface area contributed by atoms with Gasteiger partial charge in [-0.1, -0.05) is 0 Å². The van der Waals surface area contributed by atoms with E-state index >= 15 is 0 Å². The molecule has 88 valence electrons. The molecule has 2 fully saturated rings. The molecule has 0 aromatic carbocycles. The van der Waals surface area contributed by atoms with Gasteiger partial charge < -0.3 is 14.6 Å². The Hall–Kier alpha value is -1.08. The van der Waals surface area contributed by atoms with Crippen LogP contribution >= 0.6 is 0 Å². The lowest BCUT2D eigenvalue weighted by atomic mass is 10.0. The molecule has 4 nitrogen and oxygen atoms in total. The highest BCUT2D eigenvalue weighted by molar-refractivity contribution is 5.79. The molecule has 0 aliphatic carbocycles. The Morgan fingerprint density at radius 2 is 1.81 bits per heavy atom. The van der Waals surface area contributed by atoms with Gasteiger partial charge in [-0.2, -0.15) is 0 Å². The molecule has 0 atom stereocenters. The summed E-state index contributed by atoms with van der Waals surface area (Å²) in [7, 11) is 0. The summed E-state index contributed by atoms with van der Waals surface area (Å²) >= 11 is 0. The minimum absolute atomic E-state index is 0.00914. The molecule has 0 radical (unpaired) electrons. The van der Waals surface area contributed by atoms with E-state index in [2.05, 4.69) is 9.74 Å². The van der Waals surface area contributed by atoms with Crippen LogP contribution in [0.25, 0.3) is 4.85 Å². The molecule has 0 aromatic heterocycles. The van der Waals surface area contributed by atoms with Crippen molar-refractivity contribution in [1.29, 1.82) is 0 Å². The molecule has 4 heteroatoms. The van der Waals surface area contributed by atoms with Gasteiger partial charge in [0.15, 0.2) is 0 Å². The lowest BCUT2D eigenvalue weighted by Crippen LogP contribution is -2.46. The van der Waals surface area contributed by atoms with Gasteiger partial charge in [0.25, 0.3) is 6.54 Å². The van der Waals surface area contributed by atoms with Gasteiger partial charge in [-0.3, -0.25) is 4.79 Å². The normalized spacial score (nSPS) is 23.3. The zero-order valence-electron chi connectivity index (χ0n) is 9.69. The molecule has 0 aromatic rings. The van der Waals surface area contributed by atoms with Crippen molar-refractivity contribution in [2.45, 2.75) is 31.7 Å². The molecule has 2 heterocycles. The molecule has 0 N–H and O–H groups in total. The lowest BCUT2D eigenvalue weighted by Gasteiger charge is -2.35. The van der Waals surface area contributed by atoms with Crippen molar-refractivity contribution in [1.82, 2.24) is 9.80 Å². The van der Waals surface area contributed by atoms with Crippen LogP contribution in [0, 0.1) is 6.57 Å². The van der Waals surface area contributed by atoms with Crippen LogP contribution in [0.2, 0.25) is 0 Å². The fourth-order valence-electron chi connectivity index (χ4n) is 2.75. The van der Waals surface area contributed by atoms with Crippen molar-refractivity contribution in [3.05, 3.63) is 11.4 Å². The van der Waals surface area contributed by atoms with Crippen LogP contribution in [0.5, 0.6) is 0 Å². The number of hydrogen-bond donors (Lipinski definition) is 0. The van der Waals surface area contributed by atoms with E-state index < -0.39 is 0 Å². The van der Waals surface area contributed by atoms with Crippen LogP contribution in [0.15, 0.2) is 0 Å². The van der Waals surface area contributed by atoms with Crippen LogP contribution in [0.4, 0.5) is 0 Å². The maximum atomic E-state index is 11.5. The predicted molar refractivity (Wildman–Crippen MR) is 61.9 cm³/mol. The number of hydrogen-bond acceptors (Lipinski definition) is 2. The number of rotatable bonds is 2. The van der Waals surface area contributed by atoms with Crippen LogP contribution in [0.1, 0.15) is 25.7 Å². The number of nitrogens with zero attached hydrogens (tertiary/aromatic N) is 3. The van der Waals surface area contributed by atoms with E-state index in [1.165, 1.54) is 25.9 Å². The highest BCUT2D eigenvalue weighted by atomic mass is 16.2. The lowest BCUT2D eigenvalue weighted by molar-refractivity contribution is -0.130. The molecule has 0 spiro atoms. The highest BCUT2D eigenvalue weighted by Crippen LogP contribution is 2.20. The summed E-state index contributed by atoms with van der Waals surface area (Å²) in [5.41, 5.74) is 0. The second kappa shape index (κ2) is 5.31. The van der Waals surface area contributed by atoms with Gasteiger partial charge in [0.05, 0.1) is 0 Å². The second-order valence-electron chi connectivity index (χ2n) is 4.67. The van der Waals surface area contributed by atoms with Crippen LogP contribution < -0.4 is 0 Å². The Balaban J connectivity index is 1.78. The van der Waals surface area contributed by atoms with Gasteiger partial charge in [-0.25, -0.2) is 6.57 Å². The maximum absolute atomic E-state index is 11.5. The van der Waals surface area contributed by atoms with Crippen LogP contribution in [-0.2, 0) is 4.79 Å². The minimum Gasteiger partial charge on any atom is -0.336 e. The first-order valence-electron chi connectivity index (χ1n) is 6.16. The molecular formula is C12H19N3O. The van der Waals surface area contributed by atoms with E-state index in [9.17, 15) is 4.79 Å². The number of carbonyl (C=O) groups is 1. The molecule has 2 aliphatic rings. The Bertz CT molecular complexity index is 283. The first-order chi connectivity index (χ1) is 7.81. The summed E-state index contributed by atoms with van der Waals surface area (Å²) in [6.07, 6.45) is 4.83. The third kappa shape index (κ3) is 2.53. The molecule has 0 unspecified atom stereocenters. The second-order valence-corrected chi connectivity index (χ2v) is 4.67. The van der Waals surface area contributed by atoms with E-state index in [4.69, 9.17) is 6.57 Å². The van der Waals surface area contributed by atoms with Crippen LogP contribution in [0.3, 0.4) is 0 Å². The van der Waals surface area contributed by atoms with E-state index in [1.807, 2.05) is 4.90 Å². The molecule has 1 amide bonds. The van der Waals surface area contributed by atoms with Crippen molar-refractivity contribution in [3.63, 3.8) is 0 Å². The first-order valence-corrected chi connectivity index (χ1v) is 6.16. The number of likely N-dealkylation sites (tertiary alicyclic amines) is 2. The largest absolute Gasteiger partial charge is 0.336 e. The smallest absolute Gasteiger partial charge is 0.302 e. The fourth-order valence-corrected chi connectivity index (χ4v) is 2.75. The summed E-state index contributed by atoms with van der Waals surface area (Å²) in [5.74, 6) is 0.00914. The Labute approximate surface area is 97.0 Å². The average Bonchev–Trinajstić information content (AvgIpc) is 2.83. The number of carbonyl (C=O) groups excluding carboxylic acids is 1. The van der Waals surface area contributed by atoms with Crippen LogP contribution in [-0.4, -0.2) is 54.5 Å². The first kappa shape index (κ1) is 11.4. The SMILES string of the molecule is [C-]#[N+]CC(=O)N1CCC(N2CCCC2)CC1. The number of piperidine rings is 1. The molecular weight excluding hydrogens is 202 g/mol. The monoisotopic (exact) mass is 221 g/mol. The van der Waals surface area contributed by atoms with Gasteiger partial charge in [-0.15, -0.1) is 0 Å². The standard InChI is InChI=1S/C12H19N3O/c1-13-10-12(16)15-8-4-11(5-9-15)14-6-2-3-7-14/h11H,2-10H2. The topological polar surface area (TPSA) is 27.9 Å². The highest BCUT2D eigenvalue weighted by Gasteiger charge is 2.28. The minimum atomic E-state index is 0.00914. The van der Waals surface area contributed by atoms with E-state index in [-0.39, 0.29) is 12.5 Å². The van der Waals surface area contributed by atoms with E-state index in [0.29, 0.717) is 6.04 Å². The average molecular weight is 221 g/mol. The van der Waals surface area contributed by atoms with Gasteiger partial charge in [0, 0.05) is 19.1 Å². The predicted octanol–water partition coefficient (Wildman–Crippen LogP) is 0.992. The van der Waals surface area contributed by atoms with Gasteiger partial charge in [-0.05, 0) is 38.8 Å². The molecule has 0 bridgehead atoms. The van der Waals surface area contributed by atoms with Crippen molar-refractivity contribution < 1.29 is 4.79 Å². The molecule has 2 saturated heterocycles. The third-order valence-electron chi connectivity index (χ3n) is 3.69. The van der Waals surface area contributed by atoms with Gasteiger partial charge >= 0.3 is 5.91 Å². The summed E-state index contributed by atoms with van der Waals surface area (Å²) < 4.78 is 0. The quantitative estimate of drug-likeness (QED) is 0.650. The van der Waals surface area contributed by atoms with Crippen molar-refractivity contribution in [2.24, 2.45) is 0 Å². The fraction of sp³-hybridized carbons (Fsp3) is 0.833. The van der Waals surface area contributed by atoms with Crippen molar-refractivity contribution in [3.8, 4) is 0 Å². The summed E-state index contributed by atoms with van der Waals surface area (Å²) in [4.78, 5) is 19.1. The molecule has 0 saturated carbocycles. The summed E-state index contributed by atoms with van der Waals surface area (Å²) in [5, 5.41) is 0. The van der Waals surface area contributed by atoms with Gasteiger partial charge in [0.2, 0.25) is 0 Å². The number of amides is 1. The molecule has 2 rings (SSSR count). The Morgan fingerprint density at radius 1 is 1.19 bits per heavy atom. The molecule has 2 aliphatic heterocycles. The third-order valence-corrected chi connectivity index (χ3v) is 3.69. The summed E-state index contributed by atoms with van der Waals surface area (Å²) in [6.45, 7) is 10.9. The van der Waals surface area contributed by atoms with Gasteiger partial charge in [0.1, 0.15) is 0 Å². The molecule has 16 heavy (non-hydrogen) atoms. The Kier molecular flexibility index (Phi) is 3.79. The van der Waals surface area contributed by atoms with E-state index in [1.54, 1.807) is 0 Å².